The third kappa shape index (κ3) is 4.20. The molecule has 0 spiro atoms. The van der Waals surface area contributed by atoms with Crippen LogP contribution in [0.4, 0.5) is 11.6 Å². The van der Waals surface area contributed by atoms with Crippen LogP contribution in [0.15, 0.2) is 36.5 Å². The number of nitro benzene ring substituents is 1. The van der Waals surface area contributed by atoms with Crippen molar-refractivity contribution in [3.8, 4) is 0 Å². The van der Waals surface area contributed by atoms with Gasteiger partial charge in [0.1, 0.15) is 0 Å². The molecule has 0 atom stereocenters. The summed E-state index contributed by atoms with van der Waals surface area (Å²) in [5.74, 6) is -0.0140. The van der Waals surface area contributed by atoms with E-state index < -0.39 is 4.92 Å². The third-order valence-electron chi connectivity index (χ3n) is 2.52. The molecule has 0 aliphatic heterocycles. The van der Waals surface area contributed by atoms with Gasteiger partial charge >= 0.3 is 0 Å². The van der Waals surface area contributed by atoms with Crippen molar-refractivity contribution in [1.82, 2.24) is 9.97 Å². The minimum Gasteiger partial charge on any atom is -0.295 e. The number of carbonyl (C=O) groups excluding carboxylic acids is 1. The minimum atomic E-state index is -0.447. The fourth-order valence-corrected chi connectivity index (χ4v) is 1.57. The maximum absolute atomic E-state index is 10.9. The fourth-order valence-electron chi connectivity index (χ4n) is 1.57. The molecule has 21 heavy (non-hydrogen) atoms. The smallest absolute Gasteiger partial charge is 0.269 e. The first-order chi connectivity index (χ1) is 10.0. The number of nitrogens with zero attached hydrogens (tertiary/aromatic N) is 3. The number of anilines is 1. The van der Waals surface area contributed by atoms with E-state index in [4.69, 9.17) is 0 Å². The molecule has 1 aromatic carbocycles. The van der Waals surface area contributed by atoms with Crippen LogP contribution in [0.3, 0.4) is 0 Å². The maximum atomic E-state index is 10.9. The van der Waals surface area contributed by atoms with Gasteiger partial charge in [-0.05, 0) is 29.8 Å². The molecule has 0 aliphatic carbocycles. The van der Waals surface area contributed by atoms with Crippen LogP contribution in [0.1, 0.15) is 18.2 Å². The van der Waals surface area contributed by atoms with E-state index in [-0.39, 0.29) is 17.5 Å². The highest BCUT2D eigenvalue weighted by Gasteiger charge is 2.02. The number of hydrogen-bond acceptors (Lipinski definition) is 5. The van der Waals surface area contributed by atoms with Crippen molar-refractivity contribution in [2.24, 2.45) is 0 Å². The van der Waals surface area contributed by atoms with Gasteiger partial charge in [-0.1, -0.05) is 6.08 Å². The molecule has 0 unspecified atom stereocenters. The Morgan fingerprint density at radius 2 is 1.95 bits per heavy atom. The van der Waals surface area contributed by atoms with Crippen LogP contribution >= 0.6 is 0 Å². The van der Waals surface area contributed by atoms with E-state index in [0.717, 1.165) is 5.56 Å². The molecule has 0 radical (unpaired) electrons. The van der Waals surface area contributed by atoms with E-state index in [9.17, 15) is 14.9 Å². The summed E-state index contributed by atoms with van der Waals surface area (Å²) in [7, 11) is 0. The maximum Gasteiger partial charge on any atom is 0.269 e. The van der Waals surface area contributed by atoms with Crippen LogP contribution in [0, 0.1) is 10.1 Å². The van der Waals surface area contributed by atoms with Gasteiger partial charge in [0.25, 0.3) is 5.69 Å². The van der Waals surface area contributed by atoms with Gasteiger partial charge in [-0.3, -0.25) is 20.2 Å². The van der Waals surface area contributed by atoms with Crippen LogP contribution in [-0.2, 0) is 4.79 Å². The number of hydrogen-bond donors (Lipinski definition) is 1. The Labute approximate surface area is 120 Å². The second kappa shape index (κ2) is 6.38. The van der Waals surface area contributed by atoms with Gasteiger partial charge in [-0.2, -0.15) is 0 Å². The van der Waals surface area contributed by atoms with Gasteiger partial charge < -0.3 is 0 Å². The normalized spacial score (nSPS) is 10.5. The lowest BCUT2D eigenvalue weighted by Crippen LogP contribution is -2.09. The predicted molar refractivity (Wildman–Crippen MR) is 78.4 cm³/mol. The molecule has 2 rings (SSSR count). The van der Waals surface area contributed by atoms with Crippen molar-refractivity contribution in [1.29, 1.82) is 0 Å². The largest absolute Gasteiger partial charge is 0.295 e. The van der Waals surface area contributed by atoms with Crippen LogP contribution in [-0.4, -0.2) is 20.8 Å². The Balaban J connectivity index is 2.13. The molecular formula is C14H12N4O3. The van der Waals surface area contributed by atoms with Crippen LogP contribution in [0.2, 0.25) is 0 Å². The van der Waals surface area contributed by atoms with Gasteiger partial charge in [0.15, 0.2) is 0 Å². The lowest BCUT2D eigenvalue weighted by molar-refractivity contribution is -0.384. The summed E-state index contributed by atoms with van der Waals surface area (Å²) in [6, 6.07) is 7.84. The molecule has 0 saturated carbocycles. The minimum absolute atomic E-state index is 0.0436. The molecule has 106 valence electrons. The number of amides is 1. The van der Waals surface area contributed by atoms with E-state index in [1.165, 1.54) is 25.3 Å². The molecule has 0 bridgehead atoms. The summed E-state index contributed by atoms with van der Waals surface area (Å²) in [6.07, 6.45) is 5.03. The highest BCUT2D eigenvalue weighted by molar-refractivity contribution is 5.86. The summed E-state index contributed by atoms with van der Waals surface area (Å²) >= 11 is 0. The summed E-state index contributed by atoms with van der Waals surface area (Å²) in [5.41, 5.74) is 1.47. The number of aromatic nitrogens is 2. The first-order valence-corrected chi connectivity index (χ1v) is 6.08. The first-order valence-electron chi connectivity index (χ1n) is 6.08. The fraction of sp³-hybridized carbons (Fsp3) is 0.0714. The lowest BCUT2D eigenvalue weighted by Gasteiger charge is -2.00. The number of rotatable bonds is 4. The van der Waals surface area contributed by atoms with E-state index in [2.05, 4.69) is 15.3 Å². The predicted octanol–water partition coefficient (Wildman–Crippen LogP) is 2.51. The topological polar surface area (TPSA) is 98.0 Å². The molecule has 1 aromatic heterocycles. The van der Waals surface area contributed by atoms with Gasteiger partial charge in [-0.15, -0.1) is 0 Å². The number of non-ortho nitro benzene ring substituents is 1. The quantitative estimate of drug-likeness (QED) is 0.687. The summed E-state index contributed by atoms with van der Waals surface area (Å²) in [4.78, 5) is 29.1. The molecule has 1 N–H and O–H groups in total. The molecule has 2 aromatic rings. The monoisotopic (exact) mass is 284 g/mol. The van der Waals surface area contributed by atoms with Gasteiger partial charge in [0.2, 0.25) is 11.9 Å². The number of carbonyl (C=O) groups is 1. The molecule has 0 saturated heterocycles. The molecule has 0 fully saturated rings. The zero-order valence-corrected chi connectivity index (χ0v) is 11.2. The number of nitrogens with one attached hydrogen (secondary N) is 1. The van der Waals surface area contributed by atoms with Crippen molar-refractivity contribution < 1.29 is 9.72 Å². The zero-order chi connectivity index (χ0) is 15.2. The Morgan fingerprint density at radius 3 is 2.57 bits per heavy atom. The van der Waals surface area contributed by atoms with Crippen LogP contribution in [0.5, 0.6) is 0 Å². The molecule has 7 heteroatoms. The highest BCUT2D eigenvalue weighted by atomic mass is 16.6. The van der Waals surface area contributed by atoms with Crippen molar-refractivity contribution >= 4 is 29.7 Å². The van der Waals surface area contributed by atoms with Crippen molar-refractivity contribution in [3.05, 3.63) is 57.9 Å². The number of nitro groups is 1. The summed E-state index contributed by atoms with van der Waals surface area (Å²) in [5, 5.41) is 13.0. The Morgan fingerprint density at radius 1 is 1.24 bits per heavy atom. The summed E-state index contributed by atoms with van der Waals surface area (Å²) < 4.78 is 0. The van der Waals surface area contributed by atoms with E-state index in [1.807, 2.05) is 0 Å². The SMILES string of the molecule is CC(=O)Nc1nccc(C=Cc2ccc([N+](=O)[O-])cc2)n1. The highest BCUT2D eigenvalue weighted by Crippen LogP contribution is 2.14. The standard InChI is InChI=1S/C14H12N4O3/c1-10(19)16-14-15-9-8-12(17-14)5-2-11-3-6-13(7-4-11)18(20)21/h2-9H,1H3,(H,15,16,17,19). The second-order valence-corrected chi connectivity index (χ2v) is 4.17. The van der Waals surface area contributed by atoms with Crippen molar-refractivity contribution in [2.75, 3.05) is 5.32 Å². The molecule has 0 aliphatic rings. The molecule has 1 amide bonds. The van der Waals surface area contributed by atoms with E-state index in [0.29, 0.717) is 5.69 Å². The Bertz CT molecular complexity index is 696. The Kier molecular flexibility index (Phi) is 4.35. The lowest BCUT2D eigenvalue weighted by atomic mass is 10.2. The van der Waals surface area contributed by atoms with E-state index >= 15 is 0 Å². The zero-order valence-electron chi connectivity index (χ0n) is 11.2. The van der Waals surface area contributed by atoms with Crippen LogP contribution in [0.25, 0.3) is 12.2 Å². The second-order valence-electron chi connectivity index (χ2n) is 4.17. The first kappa shape index (κ1) is 14.3. The molecule has 7 nitrogen and oxygen atoms in total. The average Bonchev–Trinajstić information content (AvgIpc) is 2.45. The van der Waals surface area contributed by atoms with Crippen LogP contribution < -0.4 is 5.32 Å². The van der Waals surface area contributed by atoms with Gasteiger partial charge in [0.05, 0.1) is 10.6 Å². The van der Waals surface area contributed by atoms with E-state index in [1.54, 1.807) is 30.4 Å². The Hall–Kier alpha value is -3.09. The van der Waals surface area contributed by atoms with Crippen molar-refractivity contribution in [2.45, 2.75) is 6.92 Å². The van der Waals surface area contributed by atoms with Gasteiger partial charge in [-0.25, -0.2) is 9.97 Å². The average molecular weight is 284 g/mol. The number of benzene rings is 1. The van der Waals surface area contributed by atoms with Gasteiger partial charge in [0, 0.05) is 25.3 Å². The molecular weight excluding hydrogens is 272 g/mol. The third-order valence-corrected chi connectivity index (χ3v) is 2.52. The van der Waals surface area contributed by atoms with Crippen molar-refractivity contribution in [3.63, 3.8) is 0 Å². The summed E-state index contributed by atoms with van der Waals surface area (Å²) in [6.45, 7) is 1.38. The molecule has 1 heterocycles.